The summed E-state index contributed by atoms with van der Waals surface area (Å²) in [6, 6.07) is 3.71. The van der Waals surface area contributed by atoms with Gasteiger partial charge in [-0.2, -0.15) is 4.39 Å². The molecule has 0 atom stereocenters. The van der Waals surface area contributed by atoms with Crippen molar-refractivity contribution >= 4 is 21.9 Å². The van der Waals surface area contributed by atoms with E-state index in [1.165, 1.54) is 12.1 Å². The maximum absolute atomic E-state index is 13.5. The van der Waals surface area contributed by atoms with Crippen LogP contribution in [0.1, 0.15) is 21.9 Å². The molecule has 106 valence electrons. The van der Waals surface area contributed by atoms with Gasteiger partial charge in [0.25, 0.3) is 0 Å². The molecule has 7 heteroatoms. The Labute approximate surface area is 121 Å². The minimum absolute atomic E-state index is 0.204. The maximum atomic E-state index is 13.5. The molecular formula is C13H9BrF2O4. The highest BCUT2D eigenvalue weighted by Crippen LogP contribution is 2.26. The van der Waals surface area contributed by atoms with E-state index in [9.17, 15) is 13.6 Å². The number of aryl methyl sites for hydroxylation is 1. The number of ether oxygens (including phenoxy) is 1. The molecule has 1 heterocycles. The normalized spacial score (nSPS) is 10.6. The molecule has 0 aliphatic heterocycles. The van der Waals surface area contributed by atoms with Crippen LogP contribution in [0.5, 0.6) is 5.75 Å². The van der Waals surface area contributed by atoms with Crippen molar-refractivity contribution in [3.63, 3.8) is 0 Å². The van der Waals surface area contributed by atoms with Gasteiger partial charge in [-0.1, -0.05) is 15.9 Å². The monoisotopic (exact) mass is 346 g/mol. The average molecular weight is 347 g/mol. The summed E-state index contributed by atoms with van der Waals surface area (Å²) in [6.07, 6.45) is 0. The summed E-state index contributed by atoms with van der Waals surface area (Å²) in [5.41, 5.74) is 0.428. The molecular weight excluding hydrogens is 338 g/mol. The molecule has 1 aromatic heterocycles. The van der Waals surface area contributed by atoms with Crippen LogP contribution in [0.25, 0.3) is 0 Å². The Hall–Kier alpha value is -1.89. The van der Waals surface area contributed by atoms with Gasteiger partial charge in [-0.05, 0) is 25.1 Å². The van der Waals surface area contributed by atoms with Crippen LogP contribution >= 0.6 is 15.9 Å². The van der Waals surface area contributed by atoms with E-state index < -0.39 is 17.6 Å². The molecule has 4 nitrogen and oxygen atoms in total. The van der Waals surface area contributed by atoms with Crippen molar-refractivity contribution in [3.05, 3.63) is 51.4 Å². The van der Waals surface area contributed by atoms with Crippen molar-refractivity contribution in [1.82, 2.24) is 0 Å². The highest BCUT2D eigenvalue weighted by atomic mass is 79.9. The minimum atomic E-state index is -1.20. The van der Waals surface area contributed by atoms with Gasteiger partial charge in [-0.15, -0.1) is 0 Å². The second-order valence-corrected chi connectivity index (χ2v) is 4.93. The van der Waals surface area contributed by atoms with Crippen molar-refractivity contribution in [1.29, 1.82) is 0 Å². The molecule has 0 bridgehead atoms. The molecule has 0 aliphatic rings. The SMILES string of the molecule is Cc1cc(COc2cc(Br)cc(F)c2F)oc1C(=O)O. The van der Waals surface area contributed by atoms with Gasteiger partial charge >= 0.3 is 5.97 Å². The summed E-state index contributed by atoms with van der Waals surface area (Å²) in [7, 11) is 0. The first-order valence-electron chi connectivity index (χ1n) is 5.48. The lowest BCUT2D eigenvalue weighted by Crippen LogP contribution is -1.98. The lowest BCUT2D eigenvalue weighted by atomic mass is 10.2. The third kappa shape index (κ3) is 2.98. The predicted octanol–water partition coefficient (Wildman–Crippen LogP) is 3.91. The Morgan fingerprint density at radius 1 is 1.40 bits per heavy atom. The lowest BCUT2D eigenvalue weighted by molar-refractivity contribution is 0.0657. The first-order valence-corrected chi connectivity index (χ1v) is 6.27. The highest BCUT2D eigenvalue weighted by molar-refractivity contribution is 9.10. The number of carbonyl (C=O) groups is 1. The van der Waals surface area contributed by atoms with Crippen LogP contribution in [0, 0.1) is 18.6 Å². The third-order valence-electron chi connectivity index (χ3n) is 2.49. The van der Waals surface area contributed by atoms with E-state index >= 15 is 0 Å². The number of halogens is 3. The quantitative estimate of drug-likeness (QED) is 0.852. The first-order chi connectivity index (χ1) is 9.38. The van der Waals surface area contributed by atoms with E-state index in [-0.39, 0.29) is 23.9 Å². The van der Waals surface area contributed by atoms with E-state index in [0.29, 0.717) is 10.0 Å². The van der Waals surface area contributed by atoms with Crippen LogP contribution in [-0.2, 0) is 6.61 Å². The zero-order chi connectivity index (χ0) is 14.9. The maximum Gasteiger partial charge on any atom is 0.372 e. The molecule has 1 N–H and O–H groups in total. The Bertz CT molecular complexity index is 667. The number of benzene rings is 1. The number of rotatable bonds is 4. The summed E-state index contributed by atoms with van der Waals surface area (Å²) in [4.78, 5) is 10.8. The average Bonchev–Trinajstić information content (AvgIpc) is 2.73. The summed E-state index contributed by atoms with van der Waals surface area (Å²) < 4.78 is 37.1. The van der Waals surface area contributed by atoms with Crippen LogP contribution in [0.15, 0.2) is 27.1 Å². The highest BCUT2D eigenvalue weighted by Gasteiger charge is 2.16. The van der Waals surface area contributed by atoms with E-state index in [0.717, 1.165) is 6.07 Å². The number of furan rings is 1. The summed E-state index contributed by atoms with van der Waals surface area (Å²) in [5.74, 6) is -3.65. The zero-order valence-corrected chi connectivity index (χ0v) is 11.8. The van der Waals surface area contributed by atoms with Crippen LogP contribution in [0.2, 0.25) is 0 Å². The largest absolute Gasteiger partial charge is 0.482 e. The Kier molecular flexibility index (Phi) is 4.08. The number of carboxylic acids is 1. The van der Waals surface area contributed by atoms with Gasteiger partial charge < -0.3 is 14.3 Å². The van der Waals surface area contributed by atoms with Crippen molar-refractivity contribution < 1.29 is 27.8 Å². The van der Waals surface area contributed by atoms with Crippen molar-refractivity contribution in [3.8, 4) is 5.75 Å². The van der Waals surface area contributed by atoms with E-state index in [2.05, 4.69) is 15.9 Å². The molecule has 2 aromatic rings. The number of hydrogen-bond donors (Lipinski definition) is 1. The Morgan fingerprint density at radius 2 is 2.10 bits per heavy atom. The summed E-state index contributed by atoms with van der Waals surface area (Å²) in [5, 5.41) is 8.83. The van der Waals surface area contributed by atoms with Gasteiger partial charge in [0.15, 0.2) is 11.6 Å². The summed E-state index contributed by atoms with van der Waals surface area (Å²) >= 11 is 3.02. The van der Waals surface area contributed by atoms with E-state index in [1.54, 1.807) is 6.92 Å². The predicted molar refractivity (Wildman–Crippen MR) is 68.8 cm³/mol. The van der Waals surface area contributed by atoms with Gasteiger partial charge in [0.2, 0.25) is 11.6 Å². The molecule has 0 aliphatic carbocycles. The van der Waals surface area contributed by atoms with Gasteiger partial charge in [-0.25, -0.2) is 9.18 Å². The van der Waals surface area contributed by atoms with Crippen LogP contribution < -0.4 is 4.74 Å². The molecule has 0 spiro atoms. The standard InChI is InChI=1S/C13H9BrF2O4/c1-6-2-8(20-12(6)13(17)18)5-19-10-4-7(14)3-9(15)11(10)16/h2-4H,5H2,1H3,(H,17,18). The first kappa shape index (κ1) is 14.5. The molecule has 0 saturated carbocycles. The number of carboxylic acid groups (broad SMARTS) is 1. The lowest BCUT2D eigenvalue weighted by Gasteiger charge is -2.06. The summed E-state index contributed by atoms with van der Waals surface area (Å²) in [6.45, 7) is 1.36. The zero-order valence-electron chi connectivity index (χ0n) is 10.2. The smallest absolute Gasteiger partial charge is 0.372 e. The molecule has 0 fully saturated rings. The molecule has 0 saturated heterocycles. The van der Waals surface area contributed by atoms with Crippen LogP contribution in [0.4, 0.5) is 8.78 Å². The fraction of sp³-hybridized carbons (Fsp3) is 0.154. The second kappa shape index (κ2) is 5.62. The van der Waals surface area contributed by atoms with Gasteiger partial charge in [0.1, 0.15) is 12.4 Å². The topological polar surface area (TPSA) is 59.7 Å². The Balaban J connectivity index is 2.17. The molecule has 20 heavy (non-hydrogen) atoms. The van der Waals surface area contributed by atoms with Gasteiger partial charge in [0.05, 0.1) is 0 Å². The van der Waals surface area contributed by atoms with Gasteiger partial charge in [0, 0.05) is 10.0 Å². The van der Waals surface area contributed by atoms with Crippen molar-refractivity contribution in [2.45, 2.75) is 13.5 Å². The molecule has 0 unspecified atom stereocenters. The van der Waals surface area contributed by atoms with Crippen LogP contribution in [-0.4, -0.2) is 11.1 Å². The minimum Gasteiger partial charge on any atom is -0.482 e. The van der Waals surface area contributed by atoms with Crippen molar-refractivity contribution in [2.75, 3.05) is 0 Å². The molecule has 2 rings (SSSR count). The number of aromatic carboxylic acids is 1. The second-order valence-electron chi connectivity index (χ2n) is 4.02. The van der Waals surface area contributed by atoms with Crippen molar-refractivity contribution in [2.24, 2.45) is 0 Å². The third-order valence-corrected chi connectivity index (χ3v) is 2.95. The van der Waals surface area contributed by atoms with E-state index in [1.807, 2.05) is 0 Å². The molecule has 1 aromatic carbocycles. The fourth-order valence-electron chi connectivity index (χ4n) is 1.62. The fourth-order valence-corrected chi connectivity index (χ4v) is 2.03. The van der Waals surface area contributed by atoms with Crippen LogP contribution in [0.3, 0.4) is 0 Å². The Morgan fingerprint density at radius 3 is 2.70 bits per heavy atom. The molecule has 0 radical (unpaired) electrons. The number of hydrogen-bond acceptors (Lipinski definition) is 3. The van der Waals surface area contributed by atoms with Gasteiger partial charge in [-0.3, -0.25) is 0 Å². The molecule has 0 amide bonds. The van der Waals surface area contributed by atoms with E-state index in [4.69, 9.17) is 14.3 Å².